The SMILES string of the molecule is CC(C)COc1cccc(C(=O)N(C(C)C)C2CCNC2)c1. The van der Waals surface area contributed by atoms with Crippen molar-refractivity contribution in [3.05, 3.63) is 29.8 Å². The third-order valence-corrected chi connectivity index (χ3v) is 3.88. The molecular formula is C18H28N2O2. The van der Waals surface area contributed by atoms with Gasteiger partial charge in [0.15, 0.2) is 0 Å². The first kappa shape index (κ1) is 16.8. The molecule has 0 radical (unpaired) electrons. The predicted octanol–water partition coefficient (Wildman–Crippen LogP) is 2.93. The molecule has 1 aliphatic heterocycles. The van der Waals surface area contributed by atoms with Crippen molar-refractivity contribution in [2.45, 2.75) is 46.2 Å². The van der Waals surface area contributed by atoms with Gasteiger partial charge in [0.2, 0.25) is 0 Å². The van der Waals surface area contributed by atoms with Gasteiger partial charge in [-0.2, -0.15) is 0 Å². The quantitative estimate of drug-likeness (QED) is 0.878. The van der Waals surface area contributed by atoms with E-state index in [0.717, 1.165) is 25.3 Å². The number of hydrogen-bond donors (Lipinski definition) is 1. The van der Waals surface area contributed by atoms with Crippen molar-refractivity contribution >= 4 is 5.91 Å². The average molecular weight is 304 g/mol. The third kappa shape index (κ3) is 4.23. The zero-order valence-electron chi connectivity index (χ0n) is 14.1. The van der Waals surface area contributed by atoms with E-state index in [-0.39, 0.29) is 18.0 Å². The molecule has 1 heterocycles. The minimum absolute atomic E-state index is 0.0960. The topological polar surface area (TPSA) is 41.6 Å². The van der Waals surface area contributed by atoms with E-state index in [2.05, 4.69) is 33.0 Å². The summed E-state index contributed by atoms with van der Waals surface area (Å²) in [5.41, 5.74) is 0.710. The second-order valence-electron chi connectivity index (χ2n) is 6.69. The standard InChI is InChI=1S/C18H28N2O2/c1-13(2)12-22-17-7-5-6-15(10-17)18(21)20(14(3)4)16-8-9-19-11-16/h5-7,10,13-14,16,19H,8-9,11-12H2,1-4H3. The van der Waals surface area contributed by atoms with Crippen molar-refractivity contribution in [1.29, 1.82) is 0 Å². The van der Waals surface area contributed by atoms with Crippen LogP contribution in [-0.2, 0) is 0 Å². The summed E-state index contributed by atoms with van der Waals surface area (Å²) >= 11 is 0. The van der Waals surface area contributed by atoms with Gasteiger partial charge in [-0.15, -0.1) is 0 Å². The van der Waals surface area contributed by atoms with E-state index in [4.69, 9.17) is 4.74 Å². The van der Waals surface area contributed by atoms with Gasteiger partial charge in [0.25, 0.3) is 5.91 Å². The Morgan fingerprint density at radius 1 is 1.36 bits per heavy atom. The molecule has 4 heteroatoms. The fourth-order valence-electron chi connectivity index (χ4n) is 2.83. The van der Waals surface area contributed by atoms with E-state index in [1.54, 1.807) is 0 Å². The summed E-state index contributed by atoms with van der Waals surface area (Å²) in [7, 11) is 0. The van der Waals surface area contributed by atoms with E-state index < -0.39 is 0 Å². The van der Waals surface area contributed by atoms with Crippen molar-refractivity contribution in [3.63, 3.8) is 0 Å². The number of carbonyl (C=O) groups excluding carboxylic acids is 1. The molecule has 1 aromatic rings. The molecule has 0 saturated carbocycles. The van der Waals surface area contributed by atoms with Gasteiger partial charge in [0.1, 0.15) is 5.75 Å². The van der Waals surface area contributed by atoms with Crippen LogP contribution < -0.4 is 10.1 Å². The number of hydrogen-bond acceptors (Lipinski definition) is 3. The molecule has 22 heavy (non-hydrogen) atoms. The highest BCUT2D eigenvalue weighted by Gasteiger charge is 2.29. The molecule has 1 amide bonds. The Balaban J connectivity index is 2.14. The summed E-state index contributed by atoms with van der Waals surface area (Å²) in [4.78, 5) is 14.9. The highest BCUT2D eigenvalue weighted by molar-refractivity contribution is 5.95. The Kier molecular flexibility index (Phi) is 5.83. The monoisotopic (exact) mass is 304 g/mol. The Morgan fingerprint density at radius 2 is 2.14 bits per heavy atom. The molecule has 1 aromatic carbocycles. The van der Waals surface area contributed by atoms with Crippen LogP contribution in [-0.4, -0.2) is 42.6 Å². The molecule has 1 unspecified atom stereocenters. The van der Waals surface area contributed by atoms with Crippen LogP contribution in [0, 0.1) is 5.92 Å². The molecular weight excluding hydrogens is 276 g/mol. The zero-order chi connectivity index (χ0) is 16.1. The van der Waals surface area contributed by atoms with Gasteiger partial charge in [0, 0.05) is 24.2 Å². The van der Waals surface area contributed by atoms with Gasteiger partial charge in [-0.1, -0.05) is 19.9 Å². The predicted molar refractivity (Wildman–Crippen MR) is 89.4 cm³/mol. The van der Waals surface area contributed by atoms with Gasteiger partial charge in [-0.05, 0) is 50.9 Å². The number of ether oxygens (including phenoxy) is 1. The molecule has 2 rings (SSSR count). The van der Waals surface area contributed by atoms with Crippen LogP contribution in [0.1, 0.15) is 44.5 Å². The molecule has 0 spiro atoms. The summed E-state index contributed by atoms with van der Waals surface area (Å²) in [6.45, 7) is 10.9. The van der Waals surface area contributed by atoms with Gasteiger partial charge >= 0.3 is 0 Å². The van der Waals surface area contributed by atoms with E-state index >= 15 is 0 Å². The smallest absolute Gasteiger partial charge is 0.254 e. The molecule has 122 valence electrons. The first-order valence-corrected chi connectivity index (χ1v) is 8.25. The maximum atomic E-state index is 12.9. The molecule has 1 atom stereocenters. The zero-order valence-corrected chi connectivity index (χ0v) is 14.1. The van der Waals surface area contributed by atoms with E-state index in [9.17, 15) is 4.79 Å². The summed E-state index contributed by atoms with van der Waals surface area (Å²) in [5.74, 6) is 1.34. The summed E-state index contributed by atoms with van der Waals surface area (Å²) in [5, 5.41) is 3.34. The first-order chi connectivity index (χ1) is 10.5. The van der Waals surface area contributed by atoms with Crippen LogP contribution in [0.25, 0.3) is 0 Å². The van der Waals surface area contributed by atoms with E-state index in [1.807, 2.05) is 29.2 Å². The molecule has 0 aromatic heterocycles. The van der Waals surface area contributed by atoms with Crippen molar-refractivity contribution in [3.8, 4) is 5.75 Å². The number of amides is 1. The van der Waals surface area contributed by atoms with Crippen LogP contribution in [0.3, 0.4) is 0 Å². The highest BCUT2D eigenvalue weighted by Crippen LogP contribution is 2.20. The van der Waals surface area contributed by atoms with Gasteiger partial charge in [0.05, 0.1) is 6.61 Å². The number of nitrogens with one attached hydrogen (secondary N) is 1. The molecule has 0 bridgehead atoms. The lowest BCUT2D eigenvalue weighted by Crippen LogP contribution is -2.45. The maximum Gasteiger partial charge on any atom is 0.254 e. The fraction of sp³-hybridized carbons (Fsp3) is 0.611. The lowest BCUT2D eigenvalue weighted by molar-refractivity contribution is 0.0626. The average Bonchev–Trinajstić information content (AvgIpc) is 2.99. The van der Waals surface area contributed by atoms with Crippen LogP contribution >= 0.6 is 0 Å². The molecule has 0 aliphatic carbocycles. The molecule has 1 saturated heterocycles. The van der Waals surface area contributed by atoms with Crippen LogP contribution in [0.4, 0.5) is 0 Å². The summed E-state index contributed by atoms with van der Waals surface area (Å²) in [6.07, 6.45) is 1.02. The fourth-order valence-corrected chi connectivity index (χ4v) is 2.83. The van der Waals surface area contributed by atoms with Gasteiger partial charge in [-0.25, -0.2) is 0 Å². The summed E-state index contributed by atoms with van der Waals surface area (Å²) in [6, 6.07) is 8.03. The highest BCUT2D eigenvalue weighted by atomic mass is 16.5. The normalized spacial score (nSPS) is 18.0. The molecule has 1 N–H and O–H groups in total. The van der Waals surface area contributed by atoms with Crippen LogP contribution in [0.5, 0.6) is 5.75 Å². The largest absolute Gasteiger partial charge is 0.493 e. The van der Waals surface area contributed by atoms with Crippen molar-refractivity contribution in [2.24, 2.45) is 5.92 Å². The van der Waals surface area contributed by atoms with E-state index in [1.165, 1.54) is 0 Å². The minimum Gasteiger partial charge on any atom is -0.493 e. The van der Waals surface area contributed by atoms with Crippen LogP contribution in [0.2, 0.25) is 0 Å². The number of nitrogens with zero attached hydrogens (tertiary/aromatic N) is 1. The Morgan fingerprint density at radius 3 is 2.73 bits per heavy atom. The number of rotatable bonds is 6. The maximum absolute atomic E-state index is 12.9. The van der Waals surface area contributed by atoms with E-state index in [0.29, 0.717) is 18.1 Å². The van der Waals surface area contributed by atoms with Crippen molar-refractivity contribution in [1.82, 2.24) is 10.2 Å². The first-order valence-electron chi connectivity index (χ1n) is 8.25. The van der Waals surface area contributed by atoms with Crippen LogP contribution in [0.15, 0.2) is 24.3 Å². The van der Waals surface area contributed by atoms with Gasteiger partial charge in [-0.3, -0.25) is 4.79 Å². The Labute approximate surface area is 133 Å². The Bertz CT molecular complexity index is 494. The lowest BCUT2D eigenvalue weighted by atomic mass is 10.1. The molecule has 1 aliphatic rings. The third-order valence-electron chi connectivity index (χ3n) is 3.88. The van der Waals surface area contributed by atoms with Crippen molar-refractivity contribution in [2.75, 3.05) is 19.7 Å². The second-order valence-corrected chi connectivity index (χ2v) is 6.69. The number of carbonyl (C=O) groups is 1. The molecule has 1 fully saturated rings. The lowest BCUT2D eigenvalue weighted by Gasteiger charge is -2.32. The van der Waals surface area contributed by atoms with Crippen molar-refractivity contribution < 1.29 is 9.53 Å². The molecule has 4 nitrogen and oxygen atoms in total. The summed E-state index contributed by atoms with van der Waals surface area (Å²) < 4.78 is 5.74. The number of benzene rings is 1. The Hall–Kier alpha value is -1.55. The van der Waals surface area contributed by atoms with Gasteiger partial charge < -0.3 is 15.0 Å². The second kappa shape index (κ2) is 7.63. The minimum atomic E-state index is 0.0960.